The van der Waals surface area contributed by atoms with E-state index in [9.17, 15) is 9.50 Å². The molecule has 0 radical (unpaired) electrons. The molecule has 0 aliphatic carbocycles. The van der Waals surface area contributed by atoms with Crippen molar-refractivity contribution in [2.45, 2.75) is 39.3 Å². The van der Waals surface area contributed by atoms with E-state index in [2.05, 4.69) is 0 Å². The molecule has 1 aromatic rings. The Hall–Kier alpha value is -0.840. The Morgan fingerprint density at radius 1 is 1.37 bits per heavy atom. The number of aliphatic hydroxyl groups excluding tert-OH is 1. The highest BCUT2D eigenvalue weighted by molar-refractivity contribution is 5.85. The Balaban J connectivity index is 0.00000324. The standard InChI is InChI=1S/C14H22FNO2.ClH/c1-14(2,3)13(16)8-11(17)9-5-6-12(18-4)10(15)7-9;/h5-7,11,13,17H,8,16H2,1-4H3;1H/t11-,13-;/m1./s1. The lowest BCUT2D eigenvalue weighted by atomic mass is 9.83. The van der Waals surface area contributed by atoms with E-state index in [1.165, 1.54) is 19.2 Å². The summed E-state index contributed by atoms with van der Waals surface area (Å²) >= 11 is 0. The van der Waals surface area contributed by atoms with Gasteiger partial charge in [-0.15, -0.1) is 12.4 Å². The van der Waals surface area contributed by atoms with Crippen molar-refractivity contribution in [3.8, 4) is 5.75 Å². The van der Waals surface area contributed by atoms with E-state index in [1.807, 2.05) is 20.8 Å². The number of hydrogen-bond acceptors (Lipinski definition) is 3. The molecular weight excluding hydrogens is 269 g/mol. The average Bonchev–Trinajstić information content (AvgIpc) is 2.27. The van der Waals surface area contributed by atoms with Crippen LogP contribution in [0.2, 0.25) is 0 Å². The molecule has 3 N–H and O–H groups in total. The van der Waals surface area contributed by atoms with Crippen molar-refractivity contribution in [3.63, 3.8) is 0 Å². The first-order chi connectivity index (χ1) is 8.25. The van der Waals surface area contributed by atoms with Crippen LogP contribution in [0.15, 0.2) is 18.2 Å². The van der Waals surface area contributed by atoms with Crippen molar-refractivity contribution < 1.29 is 14.2 Å². The lowest BCUT2D eigenvalue weighted by Crippen LogP contribution is -2.36. The third kappa shape index (κ3) is 4.97. The molecule has 0 fully saturated rings. The Kier molecular flexibility index (Phi) is 6.77. The van der Waals surface area contributed by atoms with Gasteiger partial charge in [-0.3, -0.25) is 0 Å². The summed E-state index contributed by atoms with van der Waals surface area (Å²) in [6.45, 7) is 6.04. The molecule has 0 amide bonds. The quantitative estimate of drug-likeness (QED) is 0.896. The summed E-state index contributed by atoms with van der Waals surface area (Å²) in [7, 11) is 1.41. The lowest BCUT2D eigenvalue weighted by molar-refractivity contribution is 0.133. The van der Waals surface area contributed by atoms with Crippen LogP contribution in [0.3, 0.4) is 0 Å². The third-order valence-corrected chi connectivity index (χ3v) is 3.15. The molecule has 19 heavy (non-hydrogen) atoms. The van der Waals surface area contributed by atoms with Gasteiger partial charge in [0.1, 0.15) is 0 Å². The second-order valence-corrected chi connectivity index (χ2v) is 5.62. The highest BCUT2D eigenvalue weighted by Gasteiger charge is 2.24. The maximum absolute atomic E-state index is 13.5. The van der Waals surface area contributed by atoms with E-state index in [0.29, 0.717) is 12.0 Å². The van der Waals surface area contributed by atoms with Crippen molar-refractivity contribution >= 4 is 12.4 Å². The van der Waals surface area contributed by atoms with Gasteiger partial charge in [-0.05, 0) is 29.5 Å². The van der Waals surface area contributed by atoms with Crippen molar-refractivity contribution in [2.75, 3.05) is 7.11 Å². The van der Waals surface area contributed by atoms with Gasteiger partial charge in [-0.1, -0.05) is 26.8 Å². The van der Waals surface area contributed by atoms with Crippen LogP contribution >= 0.6 is 12.4 Å². The zero-order valence-corrected chi connectivity index (χ0v) is 12.6. The molecule has 110 valence electrons. The Labute approximate surface area is 120 Å². The number of halogens is 2. The highest BCUT2D eigenvalue weighted by Crippen LogP contribution is 2.28. The number of methoxy groups -OCH3 is 1. The molecule has 0 aliphatic rings. The minimum atomic E-state index is -0.764. The highest BCUT2D eigenvalue weighted by atomic mass is 35.5. The van der Waals surface area contributed by atoms with Gasteiger partial charge < -0.3 is 15.6 Å². The van der Waals surface area contributed by atoms with Crippen molar-refractivity contribution in [1.29, 1.82) is 0 Å². The molecule has 1 aromatic carbocycles. The van der Waals surface area contributed by atoms with Gasteiger partial charge in [-0.25, -0.2) is 4.39 Å². The molecule has 0 saturated carbocycles. The number of benzene rings is 1. The SMILES string of the molecule is COc1ccc([C@H](O)C[C@@H](N)C(C)(C)C)cc1F.Cl. The molecule has 0 bridgehead atoms. The number of aliphatic hydroxyl groups is 1. The van der Waals surface area contributed by atoms with E-state index in [-0.39, 0.29) is 29.6 Å². The van der Waals surface area contributed by atoms with E-state index in [4.69, 9.17) is 10.5 Å². The number of ether oxygens (including phenoxy) is 1. The van der Waals surface area contributed by atoms with Gasteiger partial charge >= 0.3 is 0 Å². The van der Waals surface area contributed by atoms with Gasteiger partial charge in [-0.2, -0.15) is 0 Å². The molecule has 5 heteroatoms. The van der Waals surface area contributed by atoms with Crippen LogP contribution in [0.5, 0.6) is 5.75 Å². The van der Waals surface area contributed by atoms with Gasteiger partial charge in [0, 0.05) is 6.04 Å². The molecule has 2 atom stereocenters. The second-order valence-electron chi connectivity index (χ2n) is 5.62. The fraction of sp³-hybridized carbons (Fsp3) is 0.571. The van der Waals surface area contributed by atoms with Gasteiger partial charge in [0.25, 0.3) is 0 Å². The molecule has 0 aromatic heterocycles. The van der Waals surface area contributed by atoms with Crippen LogP contribution in [0.4, 0.5) is 4.39 Å². The monoisotopic (exact) mass is 291 g/mol. The summed E-state index contributed by atoms with van der Waals surface area (Å²) in [5.74, 6) is -0.301. The Bertz CT molecular complexity index is 407. The average molecular weight is 292 g/mol. The second kappa shape index (κ2) is 7.08. The first-order valence-corrected chi connectivity index (χ1v) is 6.02. The predicted octanol–water partition coefficient (Wildman–Crippen LogP) is 3.05. The third-order valence-electron chi connectivity index (χ3n) is 3.15. The number of rotatable bonds is 4. The lowest BCUT2D eigenvalue weighted by Gasteiger charge is -2.29. The number of hydrogen-bond donors (Lipinski definition) is 2. The summed E-state index contributed by atoms with van der Waals surface area (Å²) in [6.07, 6.45) is -0.366. The van der Waals surface area contributed by atoms with Crippen LogP contribution in [0, 0.1) is 11.2 Å². The maximum atomic E-state index is 13.5. The van der Waals surface area contributed by atoms with Crippen molar-refractivity contribution in [1.82, 2.24) is 0 Å². The van der Waals surface area contributed by atoms with Crippen molar-refractivity contribution in [3.05, 3.63) is 29.6 Å². The molecular formula is C14H23ClFNO2. The van der Waals surface area contributed by atoms with Crippen LogP contribution in [-0.4, -0.2) is 18.3 Å². The molecule has 0 saturated heterocycles. The van der Waals surface area contributed by atoms with E-state index in [0.717, 1.165) is 0 Å². The predicted molar refractivity (Wildman–Crippen MR) is 77.2 cm³/mol. The first-order valence-electron chi connectivity index (χ1n) is 6.02. The zero-order chi connectivity index (χ0) is 13.9. The van der Waals surface area contributed by atoms with E-state index in [1.54, 1.807) is 6.07 Å². The molecule has 1 rings (SSSR count). The van der Waals surface area contributed by atoms with Crippen molar-refractivity contribution in [2.24, 2.45) is 11.1 Å². The molecule has 0 heterocycles. The fourth-order valence-corrected chi connectivity index (χ4v) is 1.62. The fourth-order valence-electron chi connectivity index (χ4n) is 1.62. The van der Waals surface area contributed by atoms with Gasteiger partial charge in [0.2, 0.25) is 0 Å². The van der Waals surface area contributed by atoms with E-state index < -0.39 is 11.9 Å². The minimum Gasteiger partial charge on any atom is -0.494 e. The molecule has 0 unspecified atom stereocenters. The van der Waals surface area contributed by atoms with Gasteiger partial charge in [0.15, 0.2) is 11.6 Å². The summed E-state index contributed by atoms with van der Waals surface area (Å²) < 4.78 is 18.3. The molecule has 0 spiro atoms. The van der Waals surface area contributed by atoms with Gasteiger partial charge in [0.05, 0.1) is 13.2 Å². The Morgan fingerprint density at radius 2 is 1.95 bits per heavy atom. The summed E-state index contributed by atoms with van der Waals surface area (Å²) in [5, 5.41) is 10.1. The normalized spacial score (nSPS) is 14.5. The van der Waals surface area contributed by atoms with E-state index >= 15 is 0 Å². The number of nitrogens with two attached hydrogens (primary N) is 1. The largest absolute Gasteiger partial charge is 0.494 e. The maximum Gasteiger partial charge on any atom is 0.165 e. The topological polar surface area (TPSA) is 55.5 Å². The minimum absolute atomic E-state index is 0. The summed E-state index contributed by atoms with van der Waals surface area (Å²) in [5.41, 5.74) is 6.43. The molecule has 0 aliphatic heterocycles. The Morgan fingerprint density at radius 3 is 2.37 bits per heavy atom. The molecule has 3 nitrogen and oxygen atoms in total. The van der Waals surface area contributed by atoms with Crippen LogP contribution in [0.25, 0.3) is 0 Å². The first kappa shape index (κ1) is 18.2. The summed E-state index contributed by atoms with van der Waals surface area (Å²) in [6, 6.07) is 4.30. The summed E-state index contributed by atoms with van der Waals surface area (Å²) in [4.78, 5) is 0. The smallest absolute Gasteiger partial charge is 0.165 e. The van der Waals surface area contributed by atoms with Crippen LogP contribution in [0.1, 0.15) is 38.9 Å². The van der Waals surface area contributed by atoms with Crippen LogP contribution in [-0.2, 0) is 0 Å². The van der Waals surface area contributed by atoms with Crippen LogP contribution < -0.4 is 10.5 Å². The zero-order valence-electron chi connectivity index (χ0n) is 11.8.